The molecule has 0 saturated heterocycles. The van der Waals surface area contributed by atoms with E-state index in [4.69, 9.17) is 4.52 Å². The van der Waals surface area contributed by atoms with Gasteiger partial charge in [0.25, 0.3) is 0 Å². The van der Waals surface area contributed by atoms with Gasteiger partial charge in [0.1, 0.15) is 6.04 Å². The first-order valence-corrected chi connectivity index (χ1v) is 5.21. The Balaban J connectivity index is 2.78. The number of aryl methyl sites for hydroxylation is 1. The zero-order chi connectivity index (χ0) is 13.3. The van der Waals surface area contributed by atoms with E-state index in [0.717, 1.165) is 0 Å². The number of rotatable bonds is 3. The molecule has 0 saturated carbocycles. The Kier molecular flexibility index (Phi) is 3.81. The summed E-state index contributed by atoms with van der Waals surface area (Å²) >= 11 is 0. The second-order valence-electron chi connectivity index (χ2n) is 4.93. The van der Waals surface area contributed by atoms with Gasteiger partial charge < -0.3 is 9.84 Å². The summed E-state index contributed by atoms with van der Waals surface area (Å²) in [5.74, 6) is 0.318. The van der Waals surface area contributed by atoms with E-state index in [9.17, 15) is 13.2 Å². The monoisotopic (exact) mass is 251 g/mol. The number of nitrogens with one attached hydrogen (secondary N) is 1. The molecule has 0 bridgehead atoms. The van der Waals surface area contributed by atoms with Crippen LogP contribution in [0.15, 0.2) is 4.52 Å². The molecule has 1 unspecified atom stereocenters. The maximum Gasteiger partial charge on any atom is 0.404 e. The van der Waals surface area contributed by atoms with Gasteiger partial charge in [-0.3, -0.25) is 0 Å². The molecular formula is C10H16F3N3O. The molecule has 4 nitrogen and oxygen atoms in total. The van der Waals surface area contributed by atoms with Crippen molar-refractivity contribution in [3.8, 4) is 0 Å². The average Bonchev–Trinajstić information content (AvgIpc) is 2.46. The largest absolute Gasteiger partial charge is 0.404 e. The molecule has 1 rings (SSSR count). The summed E-state index contributed by atoms with van der Waals surface area (Å²) in [5, 5.41) is 5.97. The van der Waals surface area contributed by atoms with Gasteiger partial charge in [0, 0.05) is 5.54 Å². The Bertz CT molecular complexity index is 368. The fourth-order valence-electron chi connectivity index (χ4n) is 1.37. The third-order valence-electron chi connectivity index (χ3n) is 1.95. The minimum atomic E-state index is -4.35. The van der Waals surface area contributed by atoms with Crippen LogP contribution in [0.25, 0.3) is 0 Å². The smallest absolute Gasteiger partial charge is 0.339 e. The van der Waals surface area contributed by atoms with E-state index in [1.54, 1.807) is 27.7 Å². The first-order valence-electron chi connectivity index (χ1n) is 5.21. The molecule has 1 aromatic heterocycles. The van der Waals surface area contributed by atoms with Gasteiger partial charge in [-0.1, -0.05) is 5.16 Å². The summed E-state index contributed by atoms with van der Waals surface area (Å²) in [6.45, 7) is 6.58. The molecule has 98 valence electrons. The quantitative estimate of drug-likeness (QED) is 0.895. The predicted molar refractivity (Wildman–Crippen MR) is 55.5 cm³/mol. The fourth-order valence-corrected chi connectivity index (χ4v) is 1.37. The summed E-state index contributed by atoms with van der Waals surface area (Å²) in [6, 6.07) is -1.69. The number of aromatic nitrogens is 2. The fraction of sp³-hybridized carbons (Fsp3) is 0.800. The van der Waals surface area contributed by atoms with Crippen molar-refractivity contribution in [1.29, 1.82) is 0 Å². The third kappa shape index (κ3) is 4.72. The molecule has 17 heavy (non-hydrogen) atoms. The lowest BCUT2D eigenvalue weighted by Gasteiger charge is -2.29. The lowest BCUT2D eigenvalue weighted by Crippen LogP contribution is -2.52. The molecule has 7 heteroatoms. The topological polar surface area (TPSA) is 51.0 Å². The highest BCUT2D eigenvalue weighted by Crippen LogP contribution is 2.24. The molecule has 0 fully saturated rings. The first kappa shape index (κ1) is 14.0. The van der Waals surface area contributed by atoms with E-state index in [1.807, 2.05) is 0 Å². The molecule has 0 spiro atoms. The standard InChI is InChI=1S/C10H16F3N3O/c1-6-14-8(17-16-6)5-7(10(11,12)13)15-9(2,3)4/h7,15H,5H2,1-4H3. The van der Waals surface area contributed by atoms with Crippen LogP contribution in [-0.4, -0.2) is 27.9 Å². The van der Waals surface area contributed by atoms with Crippen LogP contribution in [0.3, 0.4) is 0 Å². The van der Waals surface area contributed by atoms with Crippen molar-refractivity contribution in [2.75, 3.05) is 0 Å². The van der Waals surface area contributed by atoms with Gasteiger partial charge in [-0.05, 0) is 27.7 Å². The van der Waals surface area contributed by atoms with E-state index in [1.165, 1.54) is 0 Å². The maximum atomic E-state index is 12.8. The van der Waals surface area contributed by atoms with Crippen LogP contribution in [0.5, 0.6) is 0 Å². The van der Waals surface area contributed by atoms with E-state index in [-0.39, 0.29) is 12.3 Å². The van der Waals surface area contributed by atoms with Gasteiger partial charge in [-0.2, -0.15) is 18.2 Å². The summed E-state index contributed by atoms with van der Waals surface area (Å²) < 4.78 is 43.1. The van der Waals surface area contributed by atoms with Crippen molar-refractivity contribution < 1.29 is 17.7 Å². The lowest BCUT2D eigenvalue weighted by atomic mass is 10.1. The van der Waals surface area contributed by atoms with Gasteiger partial charge in [-0.25, -0.2) is 0 Å². The van der Waals surface area contributed by atoms with E-state index < -0.39 is 17.8 Å². The molecule has 0 aliphatic carbocycles. The number of hydrogen-bond acceptors (Lipinski definition) is 4. The highest BCUT2D eigenvalue weighted by molar-refractivity contribution is 4.92. The van der Waals surface area contributed by atoms with Crippen LogP contribution in [0.1, 0.15) is 32.5 Å². The summed E-state index contributed by atoms with van der Waals surface area (Å²) in [7, 11) is 0. The third-order valence-corrected chi connectivity index (χ3v) is 1.95. The maximum absolute atomic E-state index is 12.8. The van der Waals surface area contributed by atoms with Crippen LogP contribution in [0.4, 0.5) is 13.2 Å². The van der Waals surface area contributed by atoms with Crippen molar-refractivity contribution in [2.45, 2.75) is 51.9 Å². The number of halogens is 3. The van der Waals surface area contributed by atoms with E-state index >= 15 is 0 Å². The molecule has 1 heterocycles. The molecule has 1 atom stereocenters. The minimum absolute atomic E-state index is 0.0124. The van der Waals surface area contributed by atoms with Crippen LogP contribution >= 0.6 is 0 Å². The zero-order valence-corrected chi connectivity index (χ0v) is 10.2. The zero-order valence-electron chi connectivity index (χ0n) is 10.2. The number of alkyl halides is 3. The normalized spacial score (nSPS) is 15.0. The second kappa shape index (κ2) is 4.64. The molecule has 0 amide bonds. The molecule has 0 radical (unpaired) electrons. The average molecular weight is 251 g/mol. The number of hydrogen-bond donors (Lipinski definition) is 1. The summed E-state index contributed by atoms with van der Waals surface area (Å²) in [5.41, 5.74) is -0.644. The Labute approximate surface area is 97.6 Å². The minimum Gasteiger partial charge on any atom is -0.339 e. The molecule has 0 aliphatic heterocycles. The Morgan fingerprint density at radius 3 is 2.24 bits per heavy atom. The molecule has 1 aromatic rings. The Morgan fingerprint density at radius 1 is 1.29 bits per heavy atom. The van der Waals surface area contributed by atoms with Crippen LogP contribution < -0.4 is 5.32 Å². The van der Waals surface area contributed by atoms with Crippen LogP contribution in [-0.2, 0) is 6.42 Å². The number of nitrogens with zero attached hydrogens (tertiary/aromatic N) is 2. The van der Waals surface area contributed by atoms with Crippen molar-refractivity contribution >= 4 is 0 Å². The van der Waals surface area contributed by atoms with Crippen LogP contribution in [0.2, 0.25) is 0 Å². The second-order valence-corrected chi connectivity index (χ2v) is 4.93. The highest BCUT2D eigenvalue weighted by Gasteiger charge is 2.42. The lowest BCUT2D eigenvalue weighted by molar-refractivity contribution is -0.160. The van der Waals surface area contributed by atoms with Gasteiger partial charge in [0.15, 0.2) is 5.82 Å². The van der Waals surface area contributed by atoms with Crippen molar-refractivity contribution in [3.63, 3.8) is 0 Å². The first-order chi connectivity index (χ1) is 7.58. The van der Waals surface area contributed by atoms with E-state index in [0.29, 0.717) is 5.82 Å². The van der Waals surface area contributed by atoms with Crippen molar-refractivity contribution in [2.24, 2.45) is 0 Å². The SMILES string of the molecule is Cc1noc(CC(NC(C)(C)C)C(F)(F)F)n1. The molecule has 0 aliphatic rings. The van der Waals surface area contributed by atoms with Gasteiger partial charge in [-0.15, -0.1) is 0 Å². The van der Waals surface area contributed by atoms with Gasteiger partial charge in [0.05, 0.1) is 6.42 Å². The predicted octanol–water partition coefficient (Wildman–Crippen LogP) is 2.24. The summed E-state index contributed by atoms with van der Waals surface area (Å²) in [6.07, 6.45) is -4.71. The highest BCUT2D eigenvalue weighted by atomic mass is 19.4. The Morgan fingerprint density at radius 2 is 1.88 bits per heavy atom. The molecular weight excluding hydrogens is 235 g/mol. The molecule has 1 N–H and O–H groups in total. The molecule has 0 aromatic carbocycles. The summed E-state index contributed by atoms with van der Waals surface area (Å²) in [4.78, 5) is 3.78. The van der Waals surface area contributed by atoms with E-state index in [2.05, 4.69) is 15.5 Å². The van der Waals surface area contributed by atoms with Gasteiger partial charge >= 0.3 is 6.18 Å². The van der Waals surface area contributed by atoms with Crippen LogP contribution in [0, 0.1) is 6.92 Å². The van der Waals surface area contributed by atoms with Crippen molar-refractivity contribution in [1.82, 2.24) is 15.5 Å². The van der Waals surface area contributed by atoms with Crippen molar-refractivity contribution in [3.05, 3.63) is 11.7 Å². The van der Waals surface area contributed by atoms with Gasteiger partial charge in [0.2, 0.25) is 5.89 Å². The Hall–Kier alpha value is -1.11.